The third kappa shape index (κ3) is 3.10. The van der Waals surface area contributed by atoms with Gasteiger partial charge in [0.2, 0.25) is 6.41 Å². The summed E-state index contributed by atoms with van der Waals surface area (Å²) >= 11 is 0. The van der Waals surface area contributed by atoms with Crippen molar-refractivity contribution in [2.24, 2.45) is 0 Å². The van der Waals surface area contributed by atoms with Crippen LogP contribution in [0.4, 0.5) is 10.1 Å². The molecule has 1 amide bonds. The molecule has 1 saturated heterocycles. The van der Waals surface area contributed by atoms with Gasteiger partial charge in [0, 0.05) is 32.2 Å². The van der Waals surface area contributed by atoms with Crippen LogP contribution in [0.1, 0.15) is 20.3 Å². The molecule has 1 aliphatic heterocycles. The monoisotopic (exact) mass is 279 g/mol. The van der Waals surface area contributed by atoms with E-state index in [2.05, 4.69) is 11.9 Å². The van der Waals surface area contributed by atoms with Crippen molar-refractivity contribution < 1.29 is 9.18 Å². The predicted molar refractivity (Wildman–Crippen MR) is 77.8 cm³/mol. The molecule has 1 unspecified atom stereocenters. The van der Waals surface area contributed by atoms with Crippen molar-refractivity contribution in [1.82, 2.24) is 10.0 Å². The first-order valence-corrected chi connectivity index (χ1v) is 7.15. The quantitative estimate of drug-likeness (QED) is 0.773. The van der Waals surface area contributed by atoms with Gasteiger partial charge in [-0.05, 0) is 25.5 Å². The van der Waals surface area contributed by atoms with Crippen LogP contribution in [-0.4, -0.2) is 48.6 Å². The van der Waals surface area contributed by atoms with Crippen LogP contribution < -0.4 is 4.90 Å². The molecule has 1 aromatic carbocycles. The van der Waals surface area contributed by atoms with Gasteiger partial charge in [0.15, 0.2) is 0 Å². The number of para-hydroxylation sites is 1. The van der Waals surface area contributed by atoms with Gasteiger partial charge in [0.1, 0.15) is 5.82 Å². The summed E-state index contributed by atoms with van der Waals surface area (Å²) in [4.78, 5) is 13.3. The van der Waals surface area contributed by atoms with E-state index in [4.69, 9.17) is 0 Å². The Hall–Kier alpha value is -1.62. The number of hydrogen-bond acceptors (Lipinski definition) is 3. The van der Waals surface area contributed by atoms with Gasteiger partial charge in [-0.25, -0.2) is 9.40 Å². The summed E-state index contributed by atoms with van der Waals surface area (Å²) in [6, 6.07) is 7.04. The number of amides is 1. The number of carbonyl (C=O) groups is 1. The second kappa shape index (κ2) is 6.70. The average Bonchev–Trinajstić information content (AvgIpc) is 2.49. The second-order valence-corrected chi connectivity index (χ2v) is 5.13. The van der Waals surface area contributed by atoms with Gasteiger partial charge in [-0.15, -0.1) is 0 Å². The highest BCUT2D eigenvalue weighted by Gasteiger charge is 2.24. The van der Waals surface area contributed by atoms with Gasteiger partial charge in [-0.1, -0.05) is 19.1 Å². The van der Waals surface area contributed by atoms with Crippen molar-refractivity contribution >= 4 is 12.1 Å². The minimum Gasteiger partial charge on any atom is -0.366 e. The number of halogens is 1. The van der Waals surface area contributed by atoms with E-state index in [0.29, 0.717) is 5.69 Å². The number of rotatable bonds is 5. The zero-order valence-corrected chi connectivity index (χ0v) is 12.1. The van der Waals surface area contributed by atoms with Crippen LogP contribution in [-0.2, 0) is 4.79 Å². The lowest BCUT2D eigenvalue weighted by Gasteiger charge is -2.42. The van der Waals surface area contributed by atoms with E-state index in [1.165, 1.54) is 6.07 Å². The fourth-order valence-corrected chi connectivity index (χ4v) is 2.51. The highest BCUT2D eigenvalue weighted by Crippen LogP contribution is 2.21. The topological polar surface area (TPSA) is 26.8 Å². The normalized spacial score (nSPS) is 17.9. The van der Waals surface area contributed by atoms with E-state index in [9.17, 15) is 9.18 Å². The van der Waals surface area contributed by atoms with E-state index in [1.54, 1.807) is 17.1 Å². The SMILES string of the molecule is CCC(C)N(C=O)N1CCN(c2ccccc2F)CC1. The minimum atomic E-state index is -0.185. The molecular weight excluding hydrogens is 257 g/mol. The molecule has 0 radical (unpaired) electrons. The Balaban J connectivity index is 1.99. The molecule has 1 aliphatic rings. The number of hydrogen-bond donors (Lipinski definition) is 0. The smallest absolute Gasteiger partial charge is 0.224 e. The van der Waals surface area contributed by atoms with Crippen LogP contribution in [0.25, 0.3) is 0 Å². The predicted octanol–water partition coefficient (Wildman–Crippen LogP) is 2.12. The van der Waals surface area contributed by atoms with E-state index < -0.39 is 0 Å². The molecule has 1 aromatic rings. The molecule has 0 N–H and O–H groups in total. The van der Waals surface area contributed by atoms with Crippen molar-refractivity contribution in [3.63, 3.8) is 0 Å². The Morgan fingerprint density at radius 1 is 1.30 bits per heavy atom. The third-order valence-electron chi connectivity index (χ3n) is 3.93. The van der Waals surface area contributed by atoms with Crippen molar-refractivity contribution in [3.8, 4) is 0 Å². The number of carbonyl (C=O) groups excluding carboxylic acids is 1. The molecule has 0 saturated carbocycles. The van der Waals surface area contributed by atoms with E-state index in [0.717, 1.165) is 39.0 Å². The number of piperazine rings is 1. The highest BCUT2D eigenvalue weighted by molar-refractivity contribution is 5.49. The zero-order valence-electron chi connectivity index (χ0n) is 12.1. The molecule has 2 rings (SSSR count). The average molecular weight is 279 g/mol. The fourth-order valence-electron chi connectivity index (χ4n) is 2.51. The first-order valence-electron chi connectivity index (χ1n) is 7.15. The maximum Gasteiger partial charge on any atom is 0.224 e. The molecule has 110 valence electrons. The van der Waals surface area contributed by atoms with Crippen molar-refractivity contribution in [2.45, 2.75) is 26.3 Å². The molecule has 0 bridgehead atoms. The van der Waals surface area contributed by atoms with Crippen LogP contribution >= 0.6 is 0 Å². The molecule has 0 spiro atoms. The summed E-state index contributed by atoms with van der Waals surface area (Å²) in [5, 5.41) is 3.82. The Bertz CT molecular complexity index is 446. The molecular formula is C15H22FN3O. The largest absolute Gasteiger partial charge is 0.366 e. The number of nitrogens with zero attached hydrogens (tertiary/aromatic N) is 3. The summed E-state index contributed by atoms with van der Waals surface area (Å²) in [7, 11) is 0. The summed E-state index contributed by atoms with van der Waals surface area (Å²) in [6.07, 6.45) is 1.82. The van der Waals surface area contributed by atoms with Gasteiger partial charge in [-0.3, -0.25) is 9.80 Å². The van der Waals surface area contributed by atoms with Gasteiger partial charge in [0.25, 0.3) is 0 Å². The first kappa shape index (κ1) is 14.8. The lowest BCUT2D eigenvalue weighted by Crippen LogP contribution is -2.55. The zero-order chi connectivity index (χ0) is 14.5. The summed E-state index contributed by atoms with van der Waals surface area (Å²) < 4.78 is 13.8. The van der Waals surface area contributed by atoms with Gasteiger partial charge in [-0.2, -0.15) is 0 Å². The summed E-state index contributed by atoms with van der Waals surface area (Å²) in [5.41, 5.74) is 0.647. The van der Waals surface area contributed by atoms with Crippen LogP contribution in [0, 0.1) is 5.82 Å². The van der Waals surface area contributed by atoms with Crippen LogP contribution in [0.15, 0.2) is 24.3 Å². The number of benzene rings is 1. The van der Waals surface area contributed by atoms with Crippen molar-refractivity contribution in [2.75, 3.05) is 31.1 Å². The standard InChI is InChI=1S/C15H22FN3O/c1-3-13(2)19(12-20)18-10-8-17(9-11-18)15-7-5-4-6-14(15)16/h4-7,12-13H,3,8-11H2,1-2H3. The Morgan fingerprint density at radius 2 is 1.95 bits per heavy atom. The van der Waals surface area contributed by atoms with Gasteiger partial charge >= 0.3 is 0 Å². The van der Waals surface area contributed by atoms with Crippen LogP contribution in [0.2, 0.25) is 0 Å². The van der Waals surface area contributed by atoms with E-state index >= 15 is 0 Å². The molecule has 5 heteroatoms. The Morgan fingerprint density at radius 3 is 2.50 bits per heavy atom. The van der Waals surface area contributed by atoms with Crippen LogP contribution in [0.5, 0.6) is 0 Å². The highest BCUT2D eigenvalue weighted by atomic mass is 19.1. The lowest BCUT2D eigenvalue weighted by atomic mass is 10.2. The van der Waals surface area contributed by atoms with Crippen molar-refractivity contribution in [1.29, 1.82) is 0 Å². The molecule has 1 atom stereocenters. The number of anilines is 1. The van der Waals surface area contributed by atoms with Crippen molar-refractivity contribution in [3.05, 3.63) is 30.1 Å². The van der Waals surface area contributed by atoms with E-state index in [1.807, 2.05) is 17.9 Å². The molecule has 20 heavy (non-hydrogen) atoms. The molecule has 4 nitrogen and oxygen atoms in total. The summed E-state index contributed by atoms with van der Waals surface area (Å²) in [5.74, 6) is -0.185. The Labute approximate surface area is 119 Å². The fraction of sp³-hybridized carbons (Fsp3) is 0.533. The lowest BCUT2D eigenvalue weighted by molar-refractivity contribution is -0.140. The molecule has 0 aliphatic carbocycles. The first-order chi connectivity index (χ1) is 9.67. The third-order valence-corrected chi connectivity index (χ3v) is 3.93. The maximum atomic E-state index is 13.8. The second-order valence-electron chi connectivity index (χ2n) is 5.13. The summed E-state index contributed by atoms with van der Waals surface area (Å²) in [6.45, 7) is 7.02. The van der Waals surface area contributed by atoms with Gasteiger partial charge in [0.05, 0.1) is 5.69 Å². The number of hydrazine groups is 1. The molecule has 0 aromatic heterocycles. The maximum absolute atomic E-state index is 13.8. The van der Waals surface area contributed by atoms with Crippen LogP contribution in [0.3, 0.4) is 0 Å². The molecule has 1 heterocycles. The molecule has 1 fully saturated rings. The van der Waals surface area contributed by atoms with E-state index in [-0.39, 0.29) is 11.9 Å². The Kier molecular flexibility index (Phi) is 4.95. The minimum absolute atomic E-state index is 0.185. The van der Waals surface area contributed by atoms with Gasteiger partial charge < -0.3 is 4.90 Å².